The molecule has 2 saturated heterocycles. The summed E-state index contributed by atoms with van der Waals surface area (Å²) in [6, 6.07) is 8.29. The molecule has 4 rings (SSSR count). The minimum atomic E-state index is -1.22. The minimum Gasteiger partial charge on any atom is -0.379 e. The van der Waals surface area contributed by atoms with Crippen LogP contribution in [-0.4, -0.2) is 77.1 Å². The lowest BCUT2D eigenvalue weighted by atomic mass is 9.90. The molecule has 0 aromatic heterocycles. The first-order chi connectivity index (χ1) is 13.0. The first-order valence-electron chi connectivity index (χ1n) is 10.5. The zero-order valence-corrected chi connectivity index (χ0v) is 16.6. The number of benzene rings is 1. The molecule has 148 valence electrons. The molecule has 1 atom stereocenters. The van der Waals surface area contributed by atoms with Crippen molar-refractivity contribution in [1.82, 2.24) is 14.7 Å². The molecule has 2 heterocycles. The van der Waals surface area contributed by atoms with Crippen molar-refractivity contribution in [3.8, 4) is 0 Å². The SMILES string of the molecule is Cc1cccc(CN2CCC[C@](O)(CN3CCN(CC4CC4)CC3)C2=O)c1. The highest BCUT2D eigenvalue weighted by Crippen LogP contribution is 2.30. The van der Waals surface area contributed by atoms with Crippen LogP contribution in [0.4, 0.5) is 0 Å². The molecule has 2 aliphatic heterocycles. The number of hydrogen-bond acceptors (Lipinski definition) is 4. The number of likely N-dealkylation sites (tertiary alicyclic amines) is 1. The molecule has 1 amide bonds. The predicted molar refractivity (Wildman–Crippen MR) is 106 cm³/mol. The van der Waals surface area contributed by atoms with Gasteiger partial charge in [-0.15, -0.1) is 0 Å². The number of β-amino-alcohol motifs (C(OH)–C–C–N with tert-alkyl or cyclic N) is 1. The molecule has 5 heteroatoms. The van der Waals surface area contributed by atoms with E-state index in [1.807, 2.05) is 11.0 Å². The van der Waals surface area contributed by atoms with E-state index in [4.69, 9.17) is 0 Å². The highest BCUT2D eigenvalue weighted by molar-refractivity contribution is 5.86. The number of carbonyl (C=O) groups is 1. The lowest BCUT2D eigenvalue weighted by molar-refractivity contribution is -0.160. The standard InChI is InChI=1S/C22H33N3O2/c1-18-4-2-5-20(14-18)16-25-9-3-8-22(27,21(25)26)17-24-12-10-23(11-13-24)15-19-6-7-19/h2,4-5,14,19,27H,3,6-13,15-17H2,1H3/t22-/m0/s1. The number of carbonyl (C=O) groups excluding carboxylic acids is 1. The maximum atomic E-state index is 13.1. The number of rotatable bonds is 6. The van der Waals surface area contributed by atoms with Crippen molar-refractivity contribution in [2.45, 2.75) is 44.8 Å². The molecule has 1 aromatic carbocycles. The molecule has 3 aliphatic rings. The van der Waals surface area contributed by atoms with E-state index in [1.165, 1.54) is 24.9 Å². The van der Waals surface area contributed by atoms with Crippen molar-refractivity contribution < 1.29 is 9.90 Å². The molecule has 0 spiro atoms. The van der Waals surface area contributed by atoms with Crippen molar-refractivity contribution in [3.63, 3.8) is 0 Å². The van der Waals surface area contributed by atoms with Crippen molar-refractivity contribution in [1.29, 1.82) is 0 Å². The Kier molecular flexibility index (Phi) is 5.53. The Balaban J connectivity index is 1.33. The summed E-state index contributed by atoms with van der Waals surface area (Å²) >= 11 is 0. The fourth-order valence-corrected chi connectivity index (χ4v) is 4.56. The fraction of sp³-hybridized carbons (Fsp3) is 0.682. The van der Waals surface area contributed by atoms with Crippen LogP contribution in [0.3, 0.4) is 0 Å². The van der Waals surface area contributed by atoms with Gasteiger partial charge in [0.25, 0.3) is 5.91 Å². The Morgan fingerprint density at radius 3 is 2.56 bits per heavy atom. The van der Waals surface area contributed by atoms with Crippen LogP contribution in [0.15, 0.2) is 24.3 Å². The maximum Gasteiger partial charge on any atom is 0.256 e. The van der Waals surface area contributed by atoms with Gasteiger partial charge in [0.15, 0.2) is 5.60 Å². The predicted octanol–water partition coefficient (Wildman–Crippen LogP) is 1.88. The van der Waals surface area contributed by atoms with E-state index in [9.17, 15) is 9.90 Å². The van der Waals surface area contributed by atoms with Crippen LogP contribution in [0.2, 0.25) is 0 Å². The second-order valence-corrected chi connectivity index (χ2v) is 8.87. The molecule has 1 aromatic rings. The second-order valence-electron chi connectivity index (χ2n) is 8.87. The van der Waals surface area contributed by atoms with Gasteiger partial charge in [-0.3, -0.25) is 9.69 Å². The van der Waals surface area contributed by atoms with E-state index in [0.717, 1.165) is 50.6 Å². The Bertz CT molecular complexity index is 667. The lowest BCUT2D eigenvalue weighted by Gasteiger charge is -2.43. The van der Waals surface area contributed by atoms with Crippen LogP contribution in [0.5, 0.6) is 0 Å². The van der Waals surface area contributed by atoms with Crippen molar-refractivity contribution >= 4 is 5.91 Å². The molecule has 0 radical (unpaired) electrons. The average Bonchev–Trinajstić information content (AvgIpc) is 3.45. The topological polar surface area (TPSA) is 47.0 Å². The zero-order valence-electron chi connectivity index (χ0n) is 16.6. The Morgan fingerprint density at radius 1 is 1.11 bits per heavy atom. The summed E-state index contributed by atoms with van der Waals surface area (Å²) in [7, 11) is 0. The minimum absolute atomic E-state index is 0.0873. The van der Waals surface area contributed by atoms with Gasteiger partial charge < -0.3 is 14.9 Å². The number of piperazine rings is 1. The van der Waals surface area contributed by atoms with Gasteiger partial charge in [0, 0.05) is 52.4 Å². The van der Waals surface area contributed by atoms with E-state index in [0.29, 0.717) is 19.5 Å². The third-order valence-electron chi connectivity index (χ3n) is 6.32. The summed E-state index contributed by atoms with van der Waals surface area (Å²) in [5, 5.41) is 11.2. The normalized spacial score (nSPS) is 27.9. The maximum absolute atomic E-state index is 13.1. The van der Waals surface area contributed by atoms with Gasteiger partial charge in [0.2, 0.25) is 0 Å². The third-order valence-corrected chi connectivity index (χ3v) is 6.32. The highest BCUT2D eigenvalue weighted by Gasteiger charge is 2.43. The van der Waals surface area contributed by atoms with Crippen LogP contribution >= 0.6 is 0 Å². The van der Waals surface area contributed by atoms with Gasteiger partial charge in [0.1, 0.15) is 0 Å². The van der Waals surface area contributed by atoms with E-state index in [2.05, 4.69) is 34.9 Å². The molecule has 27 heavy (non-hydrogen) atoms. The highest BCUT2D eigenvalue weighted by atomic mass is 16.3. The summed E-state index contributed by atoms with van der Waals surface area (Å²) in [6.07, 6.45) is 4.24. The van der Waals surface area contributed by atoms with E-state index < -0.39 is 5.60 Å². The van der Waals surface area contributed by atoms with E-state index >= 15 is 0 Å². The molecule has 0 unspecified atom stereocenters. The van der Waals surface area contributed by atoms with Gasteiger partial charge in [-0.25, -0.2) is 0 Å². The van der Waals surface area contributed by atoms with Crippen LogP contribution in [-0.2, 0) is 11.3 Å². The third kappa shape index (κ3) is 4.71. The number of amides is 1. The molecule has 1 saturated carbocycles. The van der Waals surface area contributed by atoms with E-state index in [1.54, 1.807) is 0 Å². The Morgan fingerprint density at radius 2 is 1.85 bits per heavy atom. The summed E-state index contributed by atoms with van der Waals surface area (Å²) < 4.78 is 0. The molecule has 0 bridgehead atoms. The summed E-state index contributed by atoms with van der Waals surface area (Å²) in [6.45, 7) is 9.17. The van der Waals surface area contributed by atoms with Gasteiger partial charge in [0.05, 0.1) is 0 Å². The smallest absolute Gasteiger partial charge is 0.256 e. The molecule has 3 fully saturated rings. The van der Waals surface area contributed by atoms with Crippen molar-refractivity contribution in [2.75, 3.05) is 45.8 Å². The molecule has 1 aliphatic carbocycles. The summed E-state index contributed by atoms with van der Waals surface area (Å²) in [5.41, 5.74) is 1.12. The van der Waals surface area contributed by atoms with Crippen LogP contribution in [0.25, 0.3) is 0 Å². The van der Waals surface area contributed by atoms with Gasteiger partial charge in [-0.1, -0.05) is 29.8 Å². The molecule has 1 N–H and O–H groups in total. The number of aryl methyl sites for hydroxylation is 1. The first kappa shape index (κ1) is 18.9. The van der Waals surface area contributed by atoms with Crippen molar-refractivity contribution in [3.05, 3.63) is 35.4 Å². The summed E-state index contributed by atoms with van der Waals surface area (Å²) in [4.78, 5) is 19.8. The average molecular weight is 372 g/mol. The van der Waals surface area contributed by atoms with Gasteiger partial charge in [-0.05, 0) is 44.1 Å². The Labute approximate surface area is 162 Å². The van der Waals surface area contributed by atoms with E-state index in [-0.39, 0.29) is 5.91 Å². The molecular formula is C22H33N3O2. The van der Waals surface area contributed by atoms with Gasteiger partial charge in [-0.2, -0.15) is 0 Å². The molecule has 5 nitrogen and oxygen atoms in total. The Hall–Kier alpha value is -1.43. The number of hydrogen-bond donors (Lipinski definition) is 1. The van der Waals surface area contributed by atoms with Gasteiger partial charge >= 0.3 is 0 Å². The fourth-order valence-electron chi connectivity index (χ4n) is 4.56. The quantitative estimate of drug-likeness (QED) is 0.829. The zero-order chi connectivity index (χ0) is 18.9. The summed E-state index contributed by atoms with van der Waals surface area (Å²) in [5.74, 6) is 0.839. The second kappa shape index (κ2) is 7.90. The van der Waals surface area contributed by atoms with Crippen LogP contribution in [0, 0.1) is 12.8 Å². The van der Waals surface area contributed by atoms with Crippen LogP contribution < -0.4 is 0 Å². The lowest BCUT2D eigenvalue weighted by Crippen LogP contribution is -2.60. The monoisotopic (exact) mass is 371 g/mol. The van der Waals surface area contributed by atoms with Crippen LogP contribution in [0.1, 0.15) is 36.8 Å². The molecular weight excluding hydrogens is 338 g/mol. The number of aliphatic hydroxyl groups is 1. The first-order valence-corrected chi connectivity index (χ1v) is 10.5. The van der Waals surface area contributed by atoms with Crippen molar-refractivity contribution in [2.24, 2.45) is 5.92 Å². The largest absolute Gasteiger partial charge is 0.379 e. The number of piperidine rings is 1. The number of nitrogens with zero attached hydrogens (tertiary/aromatic N) is 3.